The van der Waals surface area contributed by atoms with Crippen LogP contribution in [0.5, 0.6) is 0 Å². The predicted molar refractivity (Wildman–Crippen MR) is 64.5 cm³/mol. The standard InChI is InChI=1S/C13H16F2N2O/c1-8-5-10(12(15)6-11(8)14)13(18)17-4-3-16-9(2)7-17/h5-6,9,16H,3-4,7H2,1-2H3/t9-/m0/s1. The average Bonchev–Trinajstić information content (AvgIpc) is 2.33. The Labute approximate surface area is 105 Å². The van der Waals surface area contributed by atoms with Crippen LogP contribution in [0.15, 0.2) is 12.1 Å². The number of amides is 1. The van der Waals surface area contributed by atoms with Crippen molar-refractivity contribution in [1.29, 1.82) is 0 Å². The van der Waals surface area contributed by atoms with E-state index in [9.17, 15) is 13.6 Å². The van der Waals surface area contributed by atoms with Crippen LogP contribution in [0.25, 0.3) is 0 Å². The van der Waals surface area contributed by atoms with E-state index in [1.165, 1.54) is 13.0 Å². The fraction of sp³-hybridized carbons (Fsp3) is 0.462. The second-order valence-electron chi connectivity index (χ2n) is 4.69. The Morgan fingerprint density at radius 1 is 1.39 bits per heavy atom. The van der Waals surface area contributed by atoms with Crippen molar-refractivity contribution in [2.45, 2.75) is 19.9 Å². The van der Waals surface area contributed by atoms with Gasteiger partial charge in [-0.15, -0.1) is 0 Å². The van der Waals surface area contributed by atoms with Crippen LogP contribution in [-0.4, -0.2) is 36.5 Å². The highest BCUT2D eigenvalue weighted by Crippen LogP contribution is 2.17. The monoisotopic (exact) mass is 254 g/mol. The van der Waals surface area contributed by atoms with E-state index in [1.807, 2.05) is 6.92 Å². The summed E-state index contributed by atoms with van der Waals surface area (Å²) in [5, 5.41) is 3.21. The zero-order valence-electron chi connectivity index (χ0n) is 10.5. The molecule has 1 N–H and O–H groups in total. The first kappa shape index (κ1) is 13.0. The first-order valence-corrected chi connectivity index (χ1v) is 5.97. The summed E-state index contributed by atoms with van der Waals surface area (Å²) in [7, 11) is 0. The maximum Gasteiger partial charge on any atom is 0.256 e. The molecule has 1 heterocycles. The fourth-order valence-corrected chi connectivity index (χ4v) is 2.11. The van der Waals surface area contributed by atoms with Crippen molar-refractivity contribution in [3.63, 3.8) is 0 Å². The lowest BCUT2D eigenvalue weighted by Crippen LogP contribution is -2.51. The van der Waals surface area contributed by atoms with E-state index in [0.717, 1.165) is 6.07 Å². The molecule has 1 aromatic carbocycles. The summed E-state index contributed by atoms with van der Waals surface area (Å²) in [6.45, 7) is 5.25. The maximum atomic E-state index is 13.6. The smallest absolute Gasteiger partial charge is 0.256 e. The number of rotatable bonds is 1. The SMILES string of the molecule is Cc1cc(C(=O)N2CCN[C@@H](C)C2)c(F)cc1F. The highest BCUT2D eigenvalue weighted by molar-refractivity contribution is 5.94. The second-order valence-corrected chi connectivity index (χ2v) is 4.69. The molecule has 0 aromatic heterocycles. The second kappa shape index (κ2) is 5.02. The number of piperazine rings is 1. The molecule has 2 rings (SSSR count). The quantitative estimate of drug-likeness (QED) is 0.827. The van der Waals surface area contributed by atoms with Gasteiger partial charge < -0.3 is 10.2 Å². The molecule has 18 heavy (non-hydrogen) atoms. The van der Waals surface area contributed by atoms with Gasteiger partial charge in [0.15, 0.2) is 0 Å². The third-order valence-electron chi connectivity index (χ3n) is 3.13. The van der Waals surface area contributed by atoms with Crippen LogP contribution in [0, 0.1) is 18.6 Å². The van der Waals surface area contributed by atoms with Crippen molar-refractivity contribution in [3.05, 3.63) is 34.9 Å². The van der Waals surface area contributed by atoms with Crippen LogP contribution >= 0.6 is 0 Å². The minimum atomic E-state index is -0.797. The largest absolute Gasteiger partial charge is 0.336 e. The maximum absolute atomic E-state index is 13.6. The van der Waals surface area contributed by atoms with E-state index in [-0.39, 0.29) is 23.1 Å². The van der Waals surface area contributed by atoms with Gasteiger partial charge in [-0.05, 0) is 25.5 Å². The lowest BCUT2D eigenvalue weighted by atomic mass is 10.1. The third-order valence-corrected chi connectivity index (χ3v) is 3.13. The van der Waals surface area contributed by atoms with E-state index < -0.39 is 11.6 Å². The van der Waals surface area contributed by atoms with Gasteiger partial charge in [0.25, 0.3) is 5.91 Å². The Bertz CT molecular complexity index is 476. The topological polar surface area (TPSA) is 32.3 Å². The number of benzene rings is 1. The van der Waals surface area contributed by atoms with E-state index >= 15 is 0 Å². The minimum absolute atomic E-state index is 0.0528. The zero-order chi connectivity index (χ0) is 13.3. The van der Waals surface area contributed by atoms with E-state index in [4.69, 9.17) is 0 Å². The Balaban J connectivity index is 2.25. The van der Waals surface area contributed by atoms with Crippen molar-refractivity contribution < 1.29 is 13.6 Å². The number of halogens is 2. The van der Waals surface area contributed by atoms with Crippen molar-refractivity contribution in [2.24, 2.45) is 0 Å². The molecular weight excluding hydrogens is 238 g/mol. The van der Waals surface area contributed by atoms with Crippen molar-refractivity contribution >= 4 is 5.91 Å². The summed E-state index contributed by atoms with van der Waals surface area (Å²) in [5.41, 5.74) is 0.228. The van der Waals surface area contributed by atoms with Crippen LogP contribution < -0.4 is 5.32 Å². The molecule has 0 spiro atoms. The molecule has 0 aliphatic carbocycles. The van der Waals surface area contributed by atoms with Crippen molar-refractivity contribution in [3.8, 4) is 0 Å². The lowest BCUT2D eigenvalue weighted by Gasteiger charge is -2.32. The molecule has 0 saturated carbocycles. The van der Waals surface area contributed by atoms with Gasteiger partial charge in [0.1, 0.15) is 11.6 Å². The third kappa shape index (κ3) is 2.51. The van der Waals surface area contributed by atoms with E-state index in [2.05, 4.69) is 5.32 Å². The van der Waals surface area contributed by atoms with Crippen LogP contribution in [-0.2, 0) is 0 Å². The lowest BCUT2D eigenvalue weighted by molar-refractivity contribution is 0.0704. The number of nitrogens with zero attached hydrogens (tertiary/aromatic N) is 1. The summed E-state index contributed by atoms with van der Waals surface area (Å²) in [6.07, 6.45) is 0. The minimum Gasteiger partial charge on any atom is -0.336 e. The van der Waals surface area contributed by atoms with Gasteiger partial charge in [-0.3, -0.25) is 4.79 Å². The van der Waals surface area contributed by atoms with Crippen LogP contribution in [0.4, 0.5) is 8.78 Å². The molecule has 5 heteroatoms. The highest BCUT2D eigenvalue weighted by Gasteiger charge is 2.24. The molecular formula is C13H16F2N2O. The Hall–Kier alpha value is -1.49. The van der Waals surface area contributed by atoms with Crippen LogP contribution in [0.1, 0.15) is 22.8 Å². The molecule has 1 aromatic rings. The number of hydrogen-bond donors (Lipinski definition) is 1. The summed E-state index contributed by atoms with van der Waals surface area (Å²) in [6, 6.07) is 2.24. The Kier molecular flexibility index (Phi) is 3.61. The van der Waals surface area contributed by atoms with Crippen molar-refractivity contribution in [2.75, 3.05) is 19.6 Å². The van der Waals surface area contributed by atoms with Crippen LogP contribution in [0.2, 0.25) is 0 Å². The number of hydrogen-bond acceptors (Lipinski definition) is 2. The molecule has 1 aliphatic heterocycles. The summed E-state index contributed by atoms with van der Waals surface area (Å²) in [4.78, 5) is 13.8. The summed E-state index contributed by atoms with van der Waals surface area (Å²) >= 11 is 0. The van der Waals surface area contributed by atoms with E-state index in [1.54, 1.807) is 4.90 Å². The normalized spacial score (nSPS) is 20.0. The Morgan fingerprint density at radius 3 is 2.78 bits per heavy atom. The zero-order valence-corrected chi connectivity index (χ0v) is 10.5. The summed E-state index contributed by atoms with van der Waals surface area (Å²) < 4.78 is 26.8. The number of carbonyl (C=O) groups is 1. The predicted octanol–water partition coefficient (Wildman–Crippen LogP) is 1.71. The molecule has 0 unspecified atom stereocenters. The van der Waals surface area contributed by atoms with Gasteiger partial charge in [-0.25, -0.2) is 8.78 Å². The molecule has 0 bridgehead atoms. The molecule has 1 amide bonds. The molecule has 0 radical (unpaired) electrons. The first-order valence-electron chi connectivity index (χ1n) is 5.97. The molecule has 1 aliphatic rings. The molecule has 98 valence electrons. The fourth-order valence-electron chi connectivity index (χ4n) is 2.11. The number of aryl methyl sites for hydroxylation is 1. The summed E-state index contributed by atoms with van der Waals surface area (Å²) in [5.74, 6) is -1.80. The molecule has 3 nitrogen and oxygen atoms in total. The van der Waals surface area contributed by atoms with Crippen LogP contribution in [0.3, 0.4) is 0 Å². The van der Waals surface area contributed by atoms with Gasteiger partial charge in [0, 0.05) is 31.7 Å². The molecule has 1 atom stereocenters. The average molecular weight is 254 g/mol. The highest BCUT2D eigenvalue weighted by atomic mass is 19.1. The Morgan fingerprint density at radius 2 is 2.11 bits per heavy atom. The van der Waals surface area contributed by atoms with Gasteiger partial charge in [-0.2, -0.15) is 0 Å². The van der Waals surface area contributed by atoms with E-state index in [0.29, 0.717) is 19.6 Å². The molecule has 1 fully saturated rings. The van der Waals surface area contributed by atoms with Gasteiger partial charge in [0.05, 0.1) is 5.56 Å². The molecule has 1 saturated heterocycles. The van der Waals surface area contributed by atoms with Gasteiger partial charge in [-0.1, -0.05) is 0 Å². The van der Waals surface area contributed by atoms with Gasteiger partial charge in [0.2, 0.25) is 0 Å². The number of nitrogens with one attached hydrogen (secondary N) is 1. The first-order chi connectivity index (χ1) is 8.49. The van der Waals surface area contributed by atoms with Crippen molar-refractivity contribution in [1.82, 2.24) is 10.2 Å². The number of carbonyl (C=O) groups excluding carboxylic acids is 1. The van der Waals surface area contributed by atoms with Gasteiger partial charge >= 0.3 is 0 Å².